The number of nitrogens with one attached hydrogen (secondary N) is 2. The van der Waals surface area contributed by atoms with Crippen molar-refractivity contribution in [1.29, 1.82) is 0 Å². The molecule has 2 fully saturated rings. The quantitative estimate of drug-likeness (QED) is 0.461. The lowest BCUT2D eigenvalue weighted by molar-refractivity contribution is -0.135. The van der Waals surface area contributed by atoms with Gasteiger partial charge in [-0.2, -0.15) is 0 Å². The molecule has 8 nitrogen and oxygen atoms in total. The summed E-state index contributed by atoms with van der Waals surface area (Å²) in [4.78, 5) is 42.8. The lowest BCUT2D eigenvalue weighted by atomic mass is 9.93. The minimum atomic E-state index is -0.863. The molecule has 0 atom stereocenters. The number of carbonyl (C=O) groups is 3. The number of imide groups is 1. The largest absolute Gasteiger partial charge is 0.369 e. The summed E-state index contributed by atoms with van der Waals surface area (Å²) in [5.74, 6) is -0.597. The van der Waals surface area contributed by atoms with E-state index in [-0.39, 0.29) is 18.4 Å². The second-order valence-corrected chi connectivity index (χ2v) is 8.48. The van der Waals surface area contributed by atoms with E-state index >= 15 is 0 Å². The molecule has 0 unspecified atom stereocenters. The van der Waals surface area contributed by atoms with Crippen LogP contribution in [0.4, 0.5) is 10.5 Å². The average molecular weight is 430 g/mol. The first-order valence-electron chi connectivity index (χ1n) is 11.3. The topological polar surface area (TPSA) is 85.0 Å². The molecule has 0 aliphatic carbocycles. The number of anilines is 1. The van der Waals surface area contributed by atoms with E-state index in [4.69, 9.17) is 0 Å². The van der Waals surface area contributed by atoms with Crippen LogP contribution >= 0.6 is 0 Å². The molecule has 0 bridgehead atoms. The molecule has 3 rings (SSSR count). The lowest BCUT2D eigenvalue weighted by Crippen LogP contribution is -2.47. The Balaban J connectivity index is 1.35. The summed E-state index contributed by atoms with van der Waals surface area (Å²) in [5, 5.41) is 5.59. The van der Waals surface area contributed by atoms with E-state index < -0.39 is 11.6 Å². The molecule has 1 aromatic rings. The lowest BCUT2D eigenvalue weighted by Gasteiger charge is -2.36. The molecular formula is C23H35N5O3. The standard InChI is InChI=1S/C23H35N5O3/c1-4-23(5-2)21(30)28(22(31)25-23)17-20(29)24-10-7-11-26-12-14-27(15-13-26)19-9-6-8-18(3)16-19/h6,8-9,16H,4-5,7,10-15,17H2,1-3H3,(H,24,29)(H,25,31). The van der Waals surface area contributed by atoms with Crippen LogP contribution in [0, 0.1) is 6.92 Å². The van der Waals surface area contributed by atoms with Gasteiger partial charge < -0.3 is 15.5 Å². The van der Waals surface area contributed by atoms with Gasteiger partial charge in [0.2, 0.25) is 5.91 Å². The highest BCUT2D eigenvalue weighted by Crippen LogP contribution is 2.24. The van der Waals surface area contributed by atoms with Crippen LogP contribution in [-0.2, 0) is 9.59 Å². The van der Waals surface area contributed by atoms with Crippen molar-refractivity contribution < 1.29 is 14.4 Å². The molecule has 170 valence electrons. The smallest absolute Gasteiger partial charge is 0.325 e. The molecule has 0 aromatic heterocycles. The van der Waals surface area contributed by atoms with Crippen molar-refractivity contribution in [2.75, 3.05) is 50.7 Å². The number of hydrogen-bond acceptors (Lipinski definition) is 5. The summed E-state index contributed by atoms with van der Waals surface area (Å²) in [5.41, 5.74) is 1.69. The number of urea groups is 1. The van der Waals surface area contributed by atoms with Crippen molar-refractivity contribution in [2.24, 2.45) is 0 Å². The highest BCUT2D eigenvalue weighted by molar-refractivity contribution is 6.08. The number of piperazine rings is 1. The van der Waals surface area contributed by atoms with Crippen LogP contribution in [0.1, 0.15) is 38.7 Å². The molecular weight excluding hydrogens is 394 g/mol. The monoisotopic (exact) mass is 429 g/mol. The molecule has 2 aliphatic heterocycles. The molecule has 1 aromatic carbocycles. The SMILES string of the molecule is CCC1(CC)NC(=O)N(CC(=O)NCCCN2CCN(c3cccc(C)c3)CC2)C1=O. The minimum absolute atomic E-state index is 0.221. The van der Waals surface area contributed by atoms with Gasteiger partial charge in [0, 0.05) is 38.4 Å². The van der Waals surface area contributed by atoms with E-state index in [0.29, 0.717) is 19.4 Å². The Labute approximate surface area is 184 Å². The van der Waals surface area contributed by atoms with Gasteiger partial charge in [0.1, 0.15) is 12.1 Å². The zero-order chi connectivity index (χ0) is 22.4. The van der Waals surface area contributed by atoms with Crippen LogP contribution in [0.5, 0.6) is 0 Å². The average Bonchev–Trinajstić information content (AvgIpc) is 3.02. The third-order valence-electron chi connectivity index (χ3n) is 6.47. The zero-order valence-electron chi connectivity index (χ0n) is 18.9. The number of nitrogens with zero attached hydrogens (tertiary/aromatic N) is 3. The van der Waals surface area contributed by atoms with Gasteiger partial charge in [0.25, 0.3) is 5.91 Å². The van der Waals surface area contributed by atoms with Gasteiger partial charge in [-0.25, -0.2) is 4.79 Å². The van der Waals surface area contributed by atoms with Crippen LogP contribution in [0.25, 0.3) is 0 Å². The Kier molecular flexibility index (Phi) is 7.54. The zero-order valence-corrected chi connectivity index (χ0v) is 18.9. The van der Waals surface area contributed by atoms with Crippen LogP contribution in [0.3, 0.4) is 0 Å². The molecule has 2 heterocycles. The van der Waals surface area contributed by atoms with E-state index in [1.807, 2.05) is 13.8 Å². The first kappa shape index (κ1) is 23.1. The Morgan fingerprint density at radius 2 is 1.84 bits per heavy atom. The first-order valence-corrected chi connectivity index (χ1v) is 11.3. The number of amides is 4. The van der Waals surface area contributed by atoms with Gasteiger partial charge >= 0.3 is 6.03 Å². The van der Waals surface area contributed by atoms with Crippen molar-refractivity contribution in [3.05, 3.63) is 29.8 Å². The number of carbonyl (C=O) groups excluding carboxylic acids is 3. The summed E-state index contributed by atoms with van der Waals surface area (Å²) >= 11 is 0. The number of hydrogen-bond donors (Lipinski definition) is 2. The maximum Gasteiger partial charge on any atom is 0.325 e. The molecule has 8 heteroatoms. The maximum atomic E-state index is 12.6. The van der Waals surface area contributed by atoms with E-state index in [1.54, 1.807) is 0 Å². The van der Waals surface area contributed by atoms with E-state index in [9.17, 15) is 14.4 Å². The molecule has 0 spiro atoms. The van der Waals surface area contributed by atoms with Crippen molar-refractivity contribution in [3.63, 3.8) is 0 Å². The molecule has 0 radical (unpaired) electrons. The summed E-state index contributed by atoms with van der Waals surface area (Å²) < 4.78 is 0. The van der Waals surface area contributed by atoms with E-state index in [1.165, 1.54) is 11.3 Å². The molecule has 2 saturated heterocycles. The summed E-state index contributed by atoms with van der Waals surface area (Å²) in [6, 6.07) is 8.12. The first-order chi connectivity index (χ1) is 14.9. The Morgan fingerprint density at radius 3 is 2.45 bits per heavy atom. The van der Waals surface area contributed by atoms with Gasteiger partial charge in [-0.15, -0.1) is 0 Å². The fourth-order valence-corrected chi connectivity index (χ4v) is 4.33. The van der Waals surface area contributed by atoms with Gasteiger partial charge in [0.05, 0.1) is 0 Å². The van der Waals surface area contributed by atoms with Gasteiger partial charge in [-0.05, 0) is 50.4 Å². The molecule has 2 N–H and O–H groups in total. The predicted molar refractivity (Wildman–Crippen MR) is 121 cm³/mol. The summed E-state index contributed by atoms with van der Waals surface area (Å²) in [6.07, 6.45) is 1.87. The molecule has 31 heavy (non-hydrogen) atoms. The minimum Gasteiger partial charge on any atom is -0.369 e. The van der Waals surface area contributed by atoms with E-state index in [2.05, 4.69) is 51.6 Å². The molecule has 2 aliphatic rings. The van der Waals surface area contributed by atoms with E-state index in [0.717, 1.165) is 44.0 Å². The van der Waals surface area contributed by atoms with Crippen LogP contribution in [0.2, 0.25) is 0 Å². The van der Waals surface area contributed by atoms with Crippen LogP contribution < -0.4 is 15.5 Å². The van der Waals surface area contributed by atoms with Crippen molar-refractivity contribution in [3.8, 4) is 0 Å². The normalized spacial score (nSPS) is 18.9. The fraction of sp³-hybridized carbons (Fsp3) is 0.609. The third kappa shape index (κ3) is 5.36. The van der Waals surface area contributed by atoms with Crippen molar-refractivity contribution in [2.45, 2.75) is 45.6 Å². The fourth-order valence-electron chi connectivity index (χ4n) is 4.33. The van der Waals surface area contributed by atoms with Gasteiger partial charge in [-0.1, -0.05) is 26.0 Å². The van der Waals surface area contributed by atoms with Crippen LogP contribution in [0.15, 0.2) is 24.3 Å². The van der Waals surface area contributed by atoms with Gasteiger partial charge in [0.15, 0.2) is 0 Å². The van der Waals surface area contributed by atoms with Crippen LogP contribution in [-0.4, -0.2) is 79.0 Å². The Bertz CT molecular complexity index is 800. The van der Waals surface area contributed by atoms with Crippen molar-refractivity contribution in [1.82, 2.24) is 20.4 Å². The predicted octanol–water partition coefficient (Wildman–Crippen LogP) is 1.73. The molecule has 0 saturated carbocycles. The highest BCUT2D eigenvalue weighted by atomic mass is 16.2. The Morgan fingerprint density at radius 1 is 1.13 bits per heavy atom. The molecule has 4 amide bonds. The van der Waals surface area contributed by atoms with Gasteiger partial charge in [-0.3, -0.25) is 19.4 Å². The maximum absolute atomic E-state index is 12.6. The van der Waals surface area contributed by atoms with Crippen molar-refractivity contribution >= 4 is 23.5 Å². The summed E-state index contributed by atoms with van der Waals surface area (Å²) in [7, 11) is 0. The second kappa shape index (κ2) is 10.1. The summed E-state index contributed by atoms with van der Waals surface area (Å²) in [6.45, 7) is 11.1. The Hall–Kier alpha value is -2.61. The third-order valence-corrected chi connectivity index (χ3v) is 6.47. The second-order valence-electron chi connectivity index (χ2n) is 8.48. The highest BCUT2D eigenvalue weighted by Gasteiger charge is 2.49. The number of rotatable bonds is 9. The number of aryl methyl sites for hydroxylation is 1. The number of benzene rings is 1.